The van der Waals surface area contributed by atoms with Gasteiger partial charge in [-0.05, 0) is 6.07 Å². The van der Waals surface area contributed by atoms with Crippen molar-refractivity contribution in [3.05, 3.63) is 47.8 Å². The van der Waals surface area contributed by atoms with E-state index in [1.54, 1.807) is 6.07 Å². The van der Waals surface area contributed by atoms with Crippen molar-refractivity contribution < 1.29 is 13.9 Å². The van der Waals surface area contributed by atoms with Crippen LogP contribution in [0.1, 0.15) is 16.1 Å². The molecule has 2 aromatic heterocycles. The Morgan fingerprint density at radius 1 is 1.50 bits per heavy atom. The van der Waals surface area contributed by atoms with Crippen molar-refractivity contribution in [2.75, 3.05) is 7.11 Å². The lowest BCUT2D eigenvalue weighted by atomic mass is 10.2. The highest BCUT2D eigenvalue weighted by molar-refractivity contribution is 5.88. The number of esters is 1. The number of terminal acetylenes is 1. The van der Waals surface area contributed by atoms with Gasteiger partial charge in [-0.3, -0.25) is 4.98 Å². The molecule has 0 aliphatic heterocycles. The predicted molar refractivity (Wildman–Crippen MR) is 62.8 cm³/mol. The minimum atomic E-state index is -0.634. The first-order valence-corrected chi connectivity index (χ1v) is 5.04. The number of carbonyl (C=O) groups excluding carboxylic acids is 1. The van der Waals surface area contributed by atoms with Crippen LogP contribution >= 0.6 is 0 Å². The monoisotopic (exact) mass is 244 g/mol. The predicted octanol–water partition coefficient (Wildman–Crippen LogP) is 1.78. The lowest BCUT2D eigenvalue weighted by Gasteiger charge is -2.07. The van der Waals surface area contributed by atoms with E-state index >= 15 is 0 Å². The maximum atomic E-state index is 13.3. The third-order valence-electron chi connectivity index (χ3n) is 2.35. The van der Waals surface area contributed by atoms with E-state index in [1.165, 1.54) is 30.3 Å². The third-order valence-corrected chi connectivity index (χ3v) is 2.35. The Morgan fingerprint density at radius 2 is 2.28 bits per heavy atom. The van der Waals surface area contributed by atoms with Gasteiger partial charge in [0.05, 0.1) is 19.0 Å². The molecule has 0 aromatic carbocycles. The third kappa shape index (κ3) is 2.09. The van der Waals surface area contributed by atoms with Gasteiger partial charge < -0.3 is 9.30 Å². The molecule has 0 aliphatic carbocycles. The summed E-state index contributed by atoms with van der Waals surface area (Å²) in [5.74, 6) is 1.25. The number of aromatic nitrogens is 2. The van der Waals surface area contributed by atoms with Gasteiger partial charge in [0.25, 0.3) is 0 Å². The molecule has 4 nitrogen and oxygen atoms in total. The number of ether oxygens (including phenoxy) is 1. The molecule has 0 amide bonds. The molecule has 0 unspecified atom stereocenters. The zero-order valence-corrected chi connectivity index (χ0v) is 9.55. The average Bonchev–Trinajstić information content (AvgIpc) is 2.80. The van der Waals surface area contributed by atoms with Crippen LogP contribution in [0.5, 0.6) is 0 Å². The van der Waals surface area contributed by atoms with Gasteiger partial charge in [-0.25, -0.2) is 9.18 Å². The van der Waals surface area contributed by atoms with Crippen LogP contribution in [0.4, 0.5) is 4.39 Å². The molecular formula is C13H9FN2O2. The second-order valence-electron chi connectivity index (χ2n) is 3.48. The van der Waals surface area contributed by atoms with Crippen molar-refractivity contribution in [2.24, 2.45) is 0 Å². The molecule has 0 aliphatic rings. The Hall–Kier alpha value is -2.61. The van der Waals surface area contributed by atoms with E-state index in [9.17, 15) is 9.18 Å². The van der Waals surface area contributed by atoms with Gasteiger partial charge in [0.2, 0.25) is 0 Å². The number of hydrogen-bond acceptors (Lipinski definition) is 3. The quantitative estimate of drug-likeness (QED) is 0.597. The maximum absolute atomic E-state index is 13.3. The molecule has 0 bridgehead atoms. The summed E-state index contributed by atoms with van der Waals surface area (Å²) in [6, 6.07) is 2.72. The fourth-order valence-electron chi connectivity index (χ4n) is 1.54. The number of nitrogens with zero attached hydrogens (tertiary/aromatic N) is 2. The summed E-state index contributed by atoms with van der Waals surface area (Å²) >= 11 is 0. The Bertz CT molecular complexity index is 641. The fraction of sp³-hybridized carbons (Fsp3) is 0.0769. The topological polar surface area (TPSA) is 44.1 Å². The second kappa shape index (κ2) is 4.72. The maximum Gasteiger partial charge on any atom is 0.355 e. The molecular weight excluding hydrogens is 235 g/mol. The highest BCUT2D eigenvalue weighted by Gasteiger charge is 2.15. The van der Waals surface area contributed by atoms with E-state index in [2.05, 4.69) is 15.6 Å². The van der Waals surface area contributed by atoms with E-state index in [-0.39, 0.29) is 5.69 Å². The summed E-state index contributed by atoms with van der Waals surface area (Å²) in [5, 5.41) is 0. The van der Waals surface area contributed by atoms with E-state index in [1.807, 2.05) is 0 Å². The second-order valence-corrected chi connectivity index (χ2v) is 3.48. The van der Waals surface area contributed by atoms with Crippen LogP contribution in [0.2, 0.25) is 0 Å². The summed E-state index contributed by atoms with van der Waals surface area (Å²) in [6.07, 6.45) is 9.41. The first kappa shape index (κ1) is 11.9. The van der Waals surface area contributed by atoms with E-state index in [0.29, 0.717) is 11.3 Å². The van der Waals surface area contributed by atoms with Crippen molar-refractivity contribution in [3.8, 4) is 18.0 Å². The molecule has 0 fully saturated rings. The Morgan fingerprint density at radius 3 is 2.94 bits per heavy atom. The number of carbonyl (C=O) groups is 1. The van der Waals surface area contributed by atoms with Crippen molar-refractivity contribution in [3.63, 3.8) is 0 Å². The van der Waals surface area contributed by atoms with E-state index < -0.39 is 11.8 Å². The Kier molecular flexibility index (Phi) is 3.11. The van der Waals surface area contributed by atoms with Gasteiger partial charge >= 0.3 is 5.97 Å². The Labute approximate surface area is 103 Å². The van der Waals surface area contributed by atoms with Crippen LogP contribution in [-0.2, 0) is 4.74 Å². The summed E-state index contributed by atoms with van der Waals surface area (Å²) < 4.78 is 19.2. The molecule has 2 rings (SSSR count). The van der Waals surface area contributed by atoms with Crippen LogP contribution in [-0.4, -0.2) is 22.6 Å². The van der Waals surface area contributed by atoms with Gasteiger partial charge in [0.15, 0.2) is 0 Å². The highest BCUT2D eigenvalue weighted by Crippen LogP contribution is 2.16. The molecule has 0 radical (unpaired) electrons. The Balaban J connectivity index is 2.56. The van der Waals surface area contributed by atoms with Gasteiger partial charge in [-0.1, -0.05) is 5.92 Å². The smallest absolute Gasteiger partial charge is 0.355 e. The summed E-state index contributed by atoms with van der Waals surface area (Å²) in [5.41, 5.74) is 1.11. The van der Waals surface area contributed by atoms with Gasteiger partial charge in [-0.15, -0.1) is 6.42 Å². The van der Waals surface area contributed by atoms with Crippen molar-refractivity contribution >= 4 is 5.97 Å². The van der Waals surface area contributed by atoms with Crippen molar-refractivity contribution in [2.45, 2.75) is 0 Å². The van der Waals surface area contributed by atoms with Crippen LogP contribution in [0, 0.1) is 18.2 Å². The standard InChI is InChI=1S/C13H9FN2O2/c1-3-9-4-11(7-15-6-9)16-8-10(14)5-12(16)13(17)18-2/h1,4-8H,2H3. The van der Waals surface area contributed by atoms with Crippen LogP contribution in [0.25, 0.3) is 5.69 Å². The molecule has 0 saturated heterocycles. The largest absolute Gasteiger partial charge is 0.464 e. The van der Waals surface area contributed by atoms with Gasteiger partial charge in [0, 0.05) is 24.0 Å². The highest BCUT2D eigenvalue weighted by atomic mass is 19.1. The zero-order chi connectivity index (χ0) is 13.1. The van der Waals surface area contributed by atoms with Gasteiger partial charge in [-0.2, -0.15) is 0 Å². The average molecular weight is 244 g/mol. The summed E-state index contributed by atoms with van der Waals surface area (Å²) in [4.78, 5) is 15.4. The summed E-state index contributed by atoms with van der Waals surface area (Å²) in [7, 11) is 1.23. The minimum Gasteiger partial charge on any atom is -0.464 e. The molecule has 0 atom stereocenters. The number of rotatable bonds is 2. The lowest BCUT2D eigenvalue weighted by Crippen LogP contribution is -2.08. The summed E-state index contributed by atoms with van der Waals surface area (Å²) in [6.45, 7) is 0. The molecule has 90 valence electrons. The van der Waals surface area contributed by atoms with Crippen LogP contribution < -0.4 is 0 Å². The first-order valence-electron chi connectivity index (χ1n) is 5.04. The van der Waals surface area contributed by atoms with Crippen LogP contribution in [0.3, 0.4) is 0 Å². The van der Waals surface area contributed by atoms with Crippen LogP contribution in [0.15, 0.2) is 30.7 Å². The number of pyridine rings is 1. The van der Waals surface area contributed by atoms with Crippen molar-refractivity contribution in [1.29, 1.82) is 0 Å². The fourth-order valence-corrected chi connectivity index (χ4v) is 1.54. The number of halogens is 1. The molecule has 0 N–H and O–H groups in total. The molecule has 5 heteroatoms. The van der Waals surface area contributed by atoms with Crippen molar-refractivity contribution in [1.82, 2.24) is 9.55 Å². The van der Waals surface area contributed by atoms with Gasteiger partial charge in [0.1, 0.15) is 11.5 Å². The first-order chi connectivity index (χ1) is 8.65. The molecule has 2 heterocycles. The SMILES string of the molecule is C#Cc1cncc(-n2cc(F)cc2C(=O)OC)c1. The lowest BCUT2D eigenvalue weighted by molar-refractivity contribution is 0.0591. The molecule has 18 heavy (non-hydrogen) atoms. The zero-order valence-electron chi connectivity index (χ0n) is 9.55. The molecule has 0 spiro atoms. The molecule has 2 aromatic rings. The number of methoxy groups -OCH3 is 1. The molecule has 0 saturated carbocycles. The minimum absolute atomic E-state index is 0.0750. The van der Waals surface area contributed by atoms with E-state index in [0.717, 1.165) is 6.07 Å². The number of hydrogen-bond donors (Lipinski definition) is 0. The normalized spacial score (nSPS) is 9.83. The van der Waals surface area contributed by atoms with E-state index in [4.69, 9.17) is 6.42 Å².